The quantitative estimate of drug-likeness (QED) is 0.247. The van der Waals surface area contributed by atoms with Crippen LogP contribution < -0.4 is 5.32 Å². The first-order valence-electron chi connectivity index (χ1n) is 1.60. The van der Waals surface area contributed by atoms with Gasteiger partial charge in [0.2, 0.25) is 0 Å². The standard InChI is InChI=1S/C3H6N2O.H2O/c4-1-2-5-3-6;/h5-6H,2-3H2;1H2. The van der Waals surface area contributed by atoms with Crippen molar-refractivity contribution in [3.8, 4) is 6.07 Å². The Kier molecular flexibility index (Phi) is 12.4. The minimum absolute atomic E-state index is 0. The Morgan fingerprint density at radius 1 is 1.71 bits per heavy atom. The molecular formula is C3H8N2O2. The smallest absolute Gasteiger partial charge is 0.0939 e. The van der Waals surface area contributed by atoms with Crippen molar-refractivity contribution in [2.24, 2.45) is 0 Å². The van der Waals surface area contributed by atoms with Gasteiger partial charge in [0.25, 0.3) is 0 Å². The lowest BCUT2D eigenvalue weighted by molar-refractivity contribution is 0.267. The van der Waals surface area contributed by atoms with Gasteiger partial charge in [-0.15, -0.1) is 0 Å². The Hall–Kier alpha value is -0.630. The number of aliphatic hydroxyl groups is 1. The summed E-state index contributed by atoms with van der Waals surface area (Å²) < 4.78 is 0. The van der Waals surface area contributed by atoms with Crippen LogP contribution in [0, 0.1) is 11.3 Å². The van der Waals surface area contributed by atoms with E-state index in [2.05, 4.69) is 5.32 Å². The molecule has 4 heteroatoms. The molecule has 0 aromatic rings. The van der Waals surface area contributed by atoms with Gasteiger partial charge >= 0.3 is 0 Å². The topological polar surface area (TPSA) is 87.5 Å². The van der Waals surface area contributed by atoms with Crippen molar-refractivity contribution in [3.63, 3.8) is 0 Å². The molecule has 0 atom stereocenters. The molecule has 0 aliphatic heterocycles. The summed E-state index contributed by atoms with van der Waals surface area (Å²) in [6, 6.07) is 1.80. The molecule has 42 valence electrons. The Balaban J connectivity index is 0. The normalized spacial score (nSPS) is 6.29. The molecule has 0 amide bonds. The molecule has 0 aliphatic carbocycles. The fourth-order valence-corrected chi connectivity index (χ4v) is 0.112. The molecule has 0 rings (SSSR count). The highest BCUT2D eigenvalue weighted by Crippen LogP contribution is 1.45. The van der Waals surface area contributed by atoms with E-state index in [9.17, 15) is 0 Å². The van der Waals surface area contributed by atoms with Gasteiger partial charge < -0.3 is 10.6 Å². The van der Waals surface area contributed by atoms with Crippen molar-refractivity contribution >= 4 is 0 Å². The van der Waals surface area contributed by atoms with Crippen molar-refractivity contribution in [3.05, 3.63) is 0 Å². The van der Waals surface area contributed by atoms with Crippen LogP contribution in [0.25, 0.3) is 0 Å². The molecule has 0 aromatic heterocycles. The summed E-state index contributed by atoms with van der Waals surface area (Å²) >= 11 is 0. The zero-order valence-corrected chi connectivity index (χ0v) is 3.81. The summed E-state index contributed by atoms with van der Waals surface area (Å²) in [4.78, 5) is 0. The zero-order chi connectivity index (χ0) is 4.83. The van der Waals surface area contributed by atoms with Crippen LogP contribution >= 0.6 is 0 Å². The molecule has 7 heavy (non-hydrogen) atoms. The number of nitrogens with one attached hydrogen (secondary N) is 1. The third-order valence-corrected chi connectivity index (χ3v) is 0.316. The summed E-state index contributed by atoms with van der Waals surface area (Å²) in [5, 5.41) is 18.1. The molecule has 0 fully saturated rings. The number of rotatable bonds is 2. The zero-order valence-electron chi connectivity index (χ0n) is 3.81. The first kappa shape index (κ1) is 9.62. The van der Waals surface area contributed by atoms with Gasteiger partial charge in [0.1, 0.15) is 0 Å². The monoisotopic (exact) mass is 104 g/mol. The fourth-order valence-electron chi connectivity index (χ4n) is 0.112. The molecule has 0 bridgehead atoms. The van der Waals surface area contributed by atoms with Crippen molar-refractivity contribution in [2.45, 2.75) is 0 Å². The van der Waals surface area contributed by atoms with Crippen molar-refractivity contribution in [1.82, 2.24) is 5.32 Å². The van der Waals surface area contributed by atoms with Crippen molar-refractivity contribution in [1.29, 1.82) is 5.26 Å². The lowest BCUT2D eigenvalue weighted by Gasteiger charge is -1.83. The lowest BCUT2D eigenvalue weighted by atomic mass is 10.7. The molecule has 0 radical (unpaired) electrons. The van der Waals surface area contributed by atoms with Gasteiger partial charge in [-0.05, 0) is 0 Å². The van der Waals surface area contributed by atoms with Crippen molar-refractivity contribution < 1.29 is 10.6 Å². The van der Waals surface area contributed by atoms with Crippen LogP contribution in [-0.2, 0) is 0 Å². The van der Waals surface area contributed by atoms with E-state index in [0.29, 0.717) is 0 Å². The lowest BCUT2D eigenvalue weighted by Crippen LogP contribution is -2.13. The SMILES string of the molecule is N#CCNCO.O. The highest BCUT2D eigenvalue weighted by Gasteiger charge is 1.70. The van der Waals surface area contributed by atoms with E-state index in [4.69, 9.17) is 10.4 Å². The van der Waals surface area contributed by atoms with Gasteiger partial charge in [-0.3, -0.25) is 5.32 Å². The minimum atomic E-state index is -0.117. The Labute approximate surface area is 41.7 Å². The Bertz CT molecular complexity index is 58.4. The highest BCUT2D eigenvalue weighted by atomic mass is 16.3. The van der Waals surface area contributed by atoms with Gasteiger partial charge in [-0.25, -0.2) is 0 Å². The van der Waals surface area contributed by atoms with Crippen LogP contribution in [0.1, 0.15) is 0 Å². The van der Waals surface area contributed by atoms with E-state index in [0.717, 1.165) is 0 Å². The summed E-state index contributed by atoms with van der Waals surface area (Å²) in [7, 11) is 0. The van der Waals surface area contributed by atoms with Crippen LogP contribution in [-0.4, -0.2) is 23.9 Å². The number of nitriles is 1. The van der Waals surface area contributed by atoms with Crippen molar-refractivity contribution in [2.75, 3.05) is 13.3 Å². The van der Waals surface area contributed by atoms with Gasteiger partial charge in [-0.1, -0.05) is 0 Å². The Morgan fingerprint density at radius 2 is 2.29 bits per heavy atom. The first-order chi connectivity index (χ1) is 2.91. The van der Waals surface area contributed by atoms with Crippen LogP contribution in [0.4, 0.5) is 0 Å². The highest BCUT2D eigenvalue weighted by molar-refractivity contribution is 4.70. The molecule has 0 aliphatic rings. The fraction of sp³-hybridized carbons (Fsp3) is 0.667. The summed E-state index contributed by atoms with van der Waals surface area (Å²) in [6.45, 7) is 0.101. The molecule has 4 N–H and O–H groups in total. The molecule has 0 unspecified atom stereocenters. The van der Waals surface area contributed by atoms with Crippen LogP contribution in [0.3, 0.4) is 0 Å². The second-order valence-corrected chi connectivity index (χ2v) is 0.743. The molecule has 0 spiro atoms. The van der Waals surface area contributed by atoms with E-state index in [-0.39, 0.29) is 18.8 Å². The number of hydrogen-bond acceptors (Lipinski definition) is 3. The maximum absolute atomic E-state index is 7.94. The minimum Gasteiger partial charge on any atom is -0.412 e. The molecule has 0 aromatic carbocycles. The third-order valence-electron chi connectivity index (χ3n) is 0.316. The molecule has 0 saturated heterocycles. The summed E-state index contributed by atoms with van der Waals surface area (Å²) in [6.07, 6.45) is 0. The second-order valence-electron chi connectivity index (χ2n) is 0.743. The van der Waals surface area contributed by atoms with E-state index >= 15 is 0 Å². The van der Waals surface area contributed by atoms with E-state index in [1.165, 1.54) is 0 Å². The van der Waals surface area contributed by atoms with E-state index < -0.39 is 0 Å². The average Bonchev–Trinajstić information content (AvgIpc) is 1.61. The number of hydrogen-bond donors (Lipinski definition) is 2. The third kappa shape index (κ3) is 10.9. The Morgan fingerprint density at radius 3 is 2.43 bits per heavy atom. The van der Waals surface area contributed by atoms with E-state index in [1.807, 2.05) is 0 Å². The van der Waals surface area contributed by atoms with Gasteiger partial charge in [0.05, 0.1) is 19.3 Å². The maximum Gasteiger partial charge on any atom is 0.0939 e. The molecular weight excluding hydrogens is 96.0 g/mol. The largest absolute Gasteiger partial charge is 0.412 e. The van der Waals surface area contributed by atoms with Gasteiger partial charge in [0, 0.05) is 0 Å². The number of aliphatic hydroxyl groups excluding tert-OH is 1. The van der Waals surface area contributed by atoms with Crippen LogP contribution in [0.5, 0.6) is 0 Å². The number of nitrogens with zero attached hydrogens (tertiary/aromatic N) is 1. The second kappa shape index (κ2) is 9.03. The predicted molar refractivity (Wildman–Crippen MR) is 24.3 cm³/mol. The maximum atomic E-state index is 7.94. The van der Waals surface area contributed by atoms with Crippen LogP contribution in [0.2, 0.25) is 0 Å². The molecule has 4 nitrogen and oxygen atoms in total. The molecule has 0 saturated carbocycles. The first-order valence-corrected chi connectivity index (χ1v) is 1.60. The predicted octanol–water partition coefficient (Wildman–Crippen LogP) is -1.78. The summed E-state index contributed by atoms with van der Waals surface area (Å²) in [5.74, 6) is 0. The summed E-state index contributed by atoms with van der Waals surface area (Å²) in [5.41, 5.74) is 0. The van der Waals surface area contributed by atoms with Gasteiger partial charge in [0.15, 0.2) is 0 Å². The van der Waals surface area contributed by atoms with E-state index in [1.54, 1.807) is 6.07 Å². The van der Waals surface area contributed by atoms with Gasteiger partial charge in [-0.2, -0.15) is 5.26 Å². The van der Waals surface area contributed by atoms with Crippen LogP contribution in [0.15, 0.2) is 0 Å². The average molecular weight is 104 g/mol. The molecule has 0 heterocycles.